The summed E-state index contributed by atoms with van der Waals surface area (Å²) in [4.78, 5) is 14.0. The van der Waals surface area contributed by atoms with E-state index in [0.29, 0.717) is 6.42 Å². The van der Waals surface area contributed by atoms with E-state index in [1.165, 1.54) is 42.1 Å². The number of amides is 1. The second kappa shape index (κ2) is 8.24. The van der Waals surface area contributed by atoms with Gasteiger partial charge in [-0.2, -0.15) is 4.31 Å². The lowest BCUT2D eigenvalue weighted by atomic mass is 10.3. The molecular weight excluding hydrogens is 395 g/mol. The Kier molecular flexibility index (Phi) is 6.64. The summed E-state index contributed by atoms with van der Waals surface area (Å²) in [7, 11) is -7.39. The number of sulfonamides is 1. The number of benzene rings is 1. The maximum Gasteiger partial charge on any atom is 0.243 e. The van der Waals surface area contributed by atoms with Crippen LogP contribution in [0, 0.1) is 5.82 Å². The molecule has 1 atom stereocenters. The summed E-state index contributed by atoms with van der Waals surface area (Å²) in [6.07, 6.45) is 0.389. The van der Waals surface area contributed by atoms with Gasteiger partial charge in [0, 0.05) is 26.2 Å². The van der Waals surface area contributed by atoms with E-state index < -0.39 is 42.1 Å². The van der Waals surface area contributed by atoms with E-state index in [1.807, 2.05) is 0 Å². The van der Waals surface area contributed by atoms with Crippen molar-refractivity contribution in [3.63, 3.8) is 0 Å². The van der Waals surface area contributed by atoms with Gasteiger partial charge in [-0.3, -0.25) is 4.79 Å². The minimum atomic E-state index is -3.80. The Labute approximate surface area is 160 Å². The maximum atomic E-state index is 13.0. The van der Waals surface area contributed by atoms with E-state index in [-0.39, 0.29) is 31.1 Å². The van der Waals surface area contributed by atoms with Crippen molar-refractivity contribution < 1.29 is 26.0 Å². The van der Waals surface area contributed by atoms with Crippen LogP contribution < -0.4 is 0 Å². The Hall–Kier alpha value is -1.52. The van der Waals surface area contributed by atoms with Gasteiger partial charge in [-0.25, -0.2) is 21.2 Å². The molecule has 1 aromatic carbocycles. The predicted octanol–water partition coefficient (Wildman–Crippen LogP) is 1.26. The van der Waals surface area contributed by atoms with Gasteiger partial charge in [-0.15, -0.1) is 0 Å². The first-order valence-electron chi connectivity index (χ1n) is 8.75. The average molecular weight is 421 g/mol. The van der Waals surface area contributed by atoms with E-state index in [4.69, 9.17) is 0 Å². The molecule has 1 unspecified atom stereocenters. The zero-order valence-electron chi connectivity index (χ0n) is 15.6. The van der Waals surface area contributed by atoms with Crippen LogP contribution in [0.15, 0.2) is 29.2 Å². The van der Waals surface area contributed by atoms with Gasteiger partial charge in [0.25, 0.3) is 0 Å². The molecule has 1 heterocycles. The molecule has 0 saturated carbocycles. The first kappa shape index (κ1) is 21.8. The summed E-state index contributed by atoms with van der Waals surface area (Å²) >= 11 is 0. The van der Waals surface area contributed by atoms with Gasteiger partial charge in [-0.1, -0.05) is 0 Å². The molecule has 27 heavy (non-hydrogen) atoms. The second-order valence-corrected chi connectivity index (χ2v) is 11.6. The second-order valence-electron chi connectivity index (χ2n) is 6.82. The SMILES string of the molecule is CC(C)S(=O)(=O)C(C)C(=O)N1CCCN(S(=O)(=O)c2ccc(F)cc2)CC1. The number of sulfone groups is 1. The molecule has 152 valence electrons. The molecule has 1 aliphatic heterocycles. The highest BCUT2D eigenvalue weighted by molar-refractivity contribution is 7.93. The van der Waals surface area contributed by atoms with Crippen molar-refractivity contribution in [2.75, 3.05) is 26.2 Å². The minimum Gasteiger partial charge on any atom is -0.340 e. The van der Waals surface area contributed by atoms with Crippen molar-refractivity contribution in [2.45, 2.75) is 42.6 Å². The number of hydrogen-bond acceptors (Lipinski definition) is 5. The van der Waals surface area contributed by atoms with E-state index in [9.17, 15) is 26.0 Å². The topological polar surface area (TPSA) is 91.8 Å². The Balaban J connectivity index is 2.13. The molecule has 0 aliphatic carbocycles. The third-order valence-electron chi connectivity index (χ3n) is 4.72. The maximum absolute atomic E-state index is 13.0. The number of carbonyl (C=O) groups excluding carboxylic acids is 1. The monoisotopic (exact) mass is 420 g/mol. The number of nitrogens with zero attached hydrogens (tertiary/aromatic N) is 2. The lowest BCUT2D eigenvalue weighted by molar-refractivity contribution is -0.130. The molecule has 7 nitrogen and oxygen atoms in total. The smallest absolute Gasteiger partial charge is 0.243 e. The Bertz CT molecular complexity index is 882. The number of hydrogen-bond donors (Lipinski definition) is 0. The van der Waals surface area contributed by atoms with E-state index >= 15 is 0 Å². The van der Waals surface area contributed by atoms with Crippen molar-refractivity contribution in [1.82, 2.24) is 9.21 Å². The van der Waals surface area contributed by atoms with Gasteiger partial charge in [0.15, 0.2) is 9.84 Å². The number of rotatable bonds is 5. The summed E-state index contributed by atoms with van der Waals surface area (Å²) in [5.74, 6) is -1.04. The van der Waals surface area contributed by atoms with Gasteiger partial charge in [0.05, 0.1) is 10.1 Å². The fourth-order valence-electron chi connectivity index (χ4n) is 2.92. The molecule has 0 aromatic heterocycles. The van der Waals surface area contributed by atoms with Crippen LogP contribution in [0.1, 0.15) is 27.2 Å². The molecule has 1 saturated heterocycles. The molecule has 0 spiro atoms. The van der Waals surface area contributed by atoms with Gasteiger partial charge < -0.3 is 4.90 Å². The molecule has 10 heteroatoms. The normalized spacial score (nSPS) is 18.3. The number of halogens is 1. The van der Waals surface area contributed by atoms with Crippen LogP contribution in [0.3, 0.4) is 0 Å². The first-order valence-corrected chi connectivity index (χ1v) is 11.8. The van der Waals surface area contributed by atoms with Crippen molar-refractivity contribution in [3.05, 3.63) is 30.1 Å². The fourth-order valence-corrected chi connectivity index (χ4v) is 5.63. The van der Waals surface area contributed by atoms with Crippen LogP contribution in [0.25, 0.3) is 0 Å². The van der Waals surface area contributed by atoms with Gasteiger partial charge in [0.1, 0.15) is 11.1 Å². The molecule has 0 N–H and O–H groups in total. The van der Waals surface area contributed by atoms with Crippen molar-refractivity contribution in [2.24, 2.45) is 0 Å². The Morgan fingerprint density at radius 2 is 1.56 bits per heavy atom. The highest BCUT2D eigenvalue weighted by atomic mass is 32.2. The van der Waals surface area contributed by atoms with Crippen LogP contribution in [0.5, 0.6) is 0 Å². The summed E-state index contributed by atoms with van der Waals surface area (Å²) in [5.41, 5.74) is 0. The van der Waals surface area contributed by atoms with Crippen molar-refractivity contribution in [1.29, 1.82) is 0 Å². The molecular formula is C17H25FN2O5S2. The Morgan fingerprint density at radius 1 is 0.963 bits per heavy atom. The molecule has 1 aliphatic rings. The highest BCUT2D eigenvalue weighted by Crippen LogP contribution is 2.19. The number of carbonyl (C=O) groups is 1. The molecule has 0 bridgehead atoms. The minimum absolute atomic E-state index is 0.0144. The average Bonchev–Trinajstić information content (AvgIpc) is 2.87. The molecule has 1 fully saturated rings. The van der Waals surface area contributed by atoms with Gasteiger partial charge in [-0.05, 0) is 51.5 Å². The summed E-state index contributed by atoms with van der Waals surface area (Å²) < 4.78 is 64.2. The largest absolute Gasteiger partial charge is 0.340 e. The lowest BCUT2D eigenvalue weighted by Gasteiger charge is -2.25. The van der Waals surface area contributed by atoms with E-state index in [0.717, 1.165) is 12.1 Å². The van der Waals surface area contributed by atoms with E-state index in [2.05, 4.69) is 0 Å². The third kappa shape index (κ3) is 4.67. The van der Waals surface area contributed by atoms with Gasteiger partial charge >= 0.3 is 0 Å². The summed E-state index contributed by atoms with van der Waals surface area (Å²) in [6, 6.07) is 4.57. The van der Waals surface area contributed by atoms with Crippen LogP contribution in [-0.4, -0.2) is 68.6 Å². The molecule has 0 radical (unpaired) electrons. The van der Waals surface area contributed by atoms with Crippen LogP contribution >= 0.6 is 0 Å². The summed E-state index contributed by atoms with van der Waals surface area (Å²) in [5, 5.41) is -1.84. The zero-order chi connectivity index (χ0) is 20.4. The van der Waals surface area contributed by atoms with Gasteiger partial charge in [0.2, 0.25) is 15.9 Å². The Morgan fingerprint density at radius 3 is 2.11 bits per heavy atom. The van der Waals surface area contributed by atoms with Crippen LogP contribution in [0.4, 0.5) is 4.39 Å². The third-order valence-corrected chi connectivity index (χ3v) is 9.13. The van der Waals surface area contributed by atoms with Crippen molar-refractivity contribution >= 4 is 25.8 Å². The first-order chi connectivity index (χ1) is 12.5. The lowest BCUT2D eigenvalue weighted by Crippen LogP contribution is -2.45. The fraction of sp³-hybridized carbons (Fsp3) is 0.588. The van der Waals surface area contributed by atoms with Crippen LogP contribution in [-0.2, 0) is 24.7 Å². The molecule has 1 amide bonds. The molecule has 2 rings (SSSR count). The standard InChI is InChI=1S/C17H25FN2O5S2/c1-13(2)26(22,23)14(3)17(21)19-9-4-10-20(12-11-19)27(24,25)16-7-5-15(18)6-8-16/h5-8,13-14H,4,9-12H2,1-3H3. The predicted molar refractivity (Wildman–Crippen MR) is 99.9 cm³/mol. The highest BCUT2D eigenvalue weighted by Gasteiger charge is 2.35. The quantitative estimate of drug-likeness (QED) is 0.715. The van der Waals surface area contributed by atoms with E-state index in [1.54, 1.807) is 0 Å². The molecule has 1 aromatic rings. The van der Waals surface area contributed by atoms with Crippen LogP contribution in [0.2, 0.25) is 0 Å². The summed E-state index contributed by atoms with van der Waals surface area (Å²) in [6.45, 7) is 5.07. The van der Waals surface area contributed by atoms with Crippen molar-refractivity contribution in [3.8, 4) is 0 Å². The zero-order valence-corrected chi connectivity index (χ0v) is 17.3.